The van der Waals surface area contributed by atoms with E-state index >= 15 is 0 Å². The Kier molecular flexibility index (Phi) is 7.99. The van der Waals surface area contributed by atoms with Crippen molar-refractivity contribution in [3.8, 4) is 22.6 Å². The number of halogens is 6. The Labute approximate surface area is 191 Å². The van der Waals surface area contributed by atoms with Gasteiger partial charge in [0.05, 0.1) is 11.8 Å². The zero-order valence-electron chi connectivity index (χ0n) is 17.8. The number of aryl methyl sites for hydroxylation is 1. The number of ether oxygens (including phenoxy) is 2. The van der Waals surface area contributed by atoms with Gasteiger partial charge in [-0.05, 0) is 35.7 Å². The fourth-order valence-electron chi connectivity index (χ4n) is 3.12. The predicted molar refractivity (Wildman–Crippen MR) is 113 cm³/mol. The van der Waals surface area contributed by atoms with E-state index in [9.17, 15) is 31.1 Å². The molecule has 0 heterocycles. The van der Waals surface area contributed by atoms with Gasteiger partial charge in [-0.2, -0.15) is 0 Å². The molecule has 0 radical (unpaired) electrons. The number of hydrogen-bond acceptors (Lipinski definition) is 3. The van der Waals surface area contributed by atoms with Crippen LogP contribution in [0.5, 0.6) is 11.5 Å². The standard InChI is InChI=1S/C25H18F6O3/c1-2-3-14-4-6-17(19(26)10-14)15-5-7-18(20(27)11-15)25(32)34-16-12-21(28)24(22(29)13-16)33-9-8-23(30)31/h4-13,23H,2-3H2,1H3/b9-8+. The zero-order chi connectivity index (χ0) is 24.8. The van der Waals surface area contributed by atoms with Gasteiger partial charge in [0.15, 0.2) is 17.4 Å². The molecule has 0 saturated heterocycles. The van der Waals surface area contributed by atoms with Gasteiger partial charge < -0.3 is 9.47 Å². The highest BCUT2D eigenvalue weighted by Crippen LogP contribution is 2.29. The summed E-state index contributed by atoms with van der Waals surface area (Å²) in [5.41, 5.74) is 0.572. The second-order valence-corrected chi connectivity index (χ2v) is 7.15. The molecule has 0 aliphatic heterocycles. The van der Waals surface area contributed by atoms with Crippen molar-refractivity contribution in [3.63, 3.8) is 0 Å². The highest BCUT2D eigenvalue weighted by Gasteiger charge is 2.19. The Hall–Kier alpha value is -3.75. The quantitative estimate of drug-likeness (QED) is 0.148. The summed E-state index contributed by atoms with van der Waals surface area (Å²) < 4.78 is 90.5. The summed E-state index contributed by atoms with van der Waals surface area (Å²) in [6.07, 6.45) is -0.676. The topological polar surface area (TPSA) is 35.5 Å². The first-order chi connectivity index (χ1) is 16.2. The maximum Gasteiger partial charge on any atom is 0.346 e. The van der Waals surface area contributed by atoms with Gasteiger partial charge in [0.1, 0.15) is 17.4 Å². The van der Waals surface area contributed by atoms with E-state index in [0.29, 0.717) is 24.8 Å². The Bertz CT molecular complexity index is 1200. The van der Waals surface area contributed by atoms with Gasteiger partial charge in [-0.25, -0.2) is 31.1 Å². The minimum atomic E-state index is -2.88. The van der Waals surface area contributed by atoms with Crippen LogP contribution in [0.4, 0.5) is 26.3 Å². The molecule has 178 valence electrons. The summed E-state index contributed by atoms with van der Waals surface area (Å²) in [5, 5.41) is 0. The molecule has 0 aliphatic carbocycles. The molecule has 0 saturated carbocycles. The van der Waals surface area contributed by atoms with Crippen molar-refractivity contribution in [2.24, 2.45) is 0 Å². The van der Waals surface area contributed by atoms with Crippen molar-refractivity contribution < 1.29 is 40.6 Å². The highest BCUT2D eigenvalue weighted by molar-refractivity contribution is 5.92. The maximum absolute atomic E-state index is 14.6. The van der Waals surface area contributed by atoms with Gasteiger partial charge in [-0.3, -0.25) is 0 Å². The summed E-state index contributed by atoms with van der Waals surface area (Å²) in [7, 11) is 0. The molecule has 0 atom stereocenters. The molecule has 0 aromatic heterocycles. The molecule has 0 N–H and O–H groups in total. The third kappa shape index (κ3) is 5.98. The van der Waals surface area contributed by atoms with Gasteiger partial charge in [0.25, 0.3) is 6.43 Å². The molecule has 3 aromatic carbocycles. The summed E-state index contributed by atoms with van der Waals surface area (Å²) in [6, 6.07) is 9.07. The van der Waals surface area contributed by atoms with Crippen molar-refractivity contribution >= 4 is 5.97 Å². The average molecular weight is 480 g/mol. The fraction of sp³-hybridized carbons (Fsp3) is 0.160. The van der Waals surface area contributed by atoms with E-state index in [1.54, 1.807) is 6.07 Å². The van der Waals surface area contributed by atoms with Crippen molar-refractivity contribution in [1.29, 1.82) is 0 Å². The maximum atomic E-state index is 14.6. The largest absolute Gasteiger partial charge is 0.459 e. The number of hydrogen-bond donors (Lipinski definition) is 0. The number of carbonyl (C=O) groups is 1. The van der Waals surface area contributed by atoms with Crippen LogP contribution in [0.15, 0.2) is 60.9 Å². The van der Waals surface area contributed by atoms with Crippen LogP contribution in [0.3, 0.4) is 0 Å². The van der Waals surface area contributed by atoms with E-state index in [1.165, 1.54) is 18.2 Å². The van der Waals surface area contributed by atoms with Gasteiger partial charge in [-0.1, -0.05) is 31.5 Å². The SMILES string of the molecule is CCCc1ccc(-c2ccc(C(=O)Oc3cc(F)c(O/C=C/C(F)F)c(F)c3)c(F)c2)c(F)c1. The monoisotopic (exact) mass is 480 g/mol. The van der Waals surface area contributed by atoms with Crippen LogP contribution in [-0.4, -0.2) is 12.4 Å². The molecule has 0 bridgehead atoms. The van der Waals surface area contributed by atoms with Crippen molar-refractivity contribution in [3.05, 3.63) is 95.3 Å². The average Bonchev–Trinajstić information content (AvgIpc) is 2.75. The third-order valence-electron chi connectivity index (χ3n) is 4.66. The lowest BCUT2D eigenvalue weighted by Gasteiger charge is -2.10. The van der Waals surface area contributed by atoms with Crippen LogP contribution in [0.25, 0.3) is 11.1 Å². The molecule has 3 rings (SSSR count). The first-order valence-corrected chi connectivity index (χ1v) is 10.1. The second-order valence-electron chi connectivity index (χ2n) is 7.15. The first kappa shape index (κ1) is 24.9. The summed E-state index contributed by atoms with van der Waals surface area (Å²) in [5.74, 6) is -7.09. The van der Waals surface area contributed by atoms with Crippen LogP contribution in [0, 0.1) is 23.3 Å². The Morgan fingerprint density at radius 2 is 1.62 bits per heavy atom. The Morgan fingerprint density at radius 1 is 0.912 bits per heavy atom. The van der Waals surface area contributed by atoms with E-state index in [1.807, 2.05) is 6.92 Å². The van der Waals surface area contributed by atoms with E-state index in [-0.39, 0.29) is 17.2 Å². The molecule has 0 spiro atoms. The van der Waals surface area contributed by atoms with E-state index < -0.39 is 52.7 Å². The normalized spacial score (nSPS) is 11.3. The molecule has 0 unspecified atom stereocenters. The van der Waals surface area contributed by atoms with Crippen LogP contribution >= 0.6 is 0 Å². The van der Waals surface area contributed by atoms with Crippen LogP contribution in [-0.2, 0) is 6.42 Å². The number of esters is 1. The number of carbonyl (C=O) groups excluding carboxylic acids is 1. The third-order valence-corrected chi connectivity index (χ3v) is 4.66. The Balaban J connectivity index is 1.78. The van der Waals surface area contributed by atoms with Gasteiger partial charge >= 0.3 is 5.97 Å². The molecular weight excluding hydrogens is 462 g/mol. The Morgan fingerprint density at radius 3 is 2.21 bits per heavy atom. The van der Waals surface area contributed by atoms with Crippen molar-refractivity contribution in [2.75, 3.05) is 0 Å². The van der Waals surface area contributed by atoms with Crippen LogP contribution in [0.2, 0.25) is 0 Å². The molecular formula is C25H18F6O3. The zero-order valence-corrected chi connectivity index (χ0v) is 17.8. The number of rotatable bonds is 8. The van der Waals surface area contributed by atoms with Crippen molar-refractivity contribution in [1.82, 2.24) is 0 Å². The van der Waals surface area contributed by atoms with Gasteiger partial charge in [0.2, 0.25) is 0 Å². The molecule has 34 heavy (non-hydrogen) atoms. The summed E-state index contributed by atoms with van der Waals surface area (Å²) in [6.45, 7) is 1.96. The lowest BCUT2D eigenvalue weighted by atomic mass is 10.00. The minimum absolute atomic E-state index is 0.138. The van der Waals surface area contributed by atoms with Gasteiger partial charge in [-0.15, -0.1) is 0 Å². The predicted octanol–water partition coefficient (Wildman–Crippen LogP) is 7.24. The lowest BCUT2D eigenvalue weighted by Crippen LogP contribution is -2.11. The van der Waals surface area contributed by atoms with Gasteiger partial charge in [0, 0.05) is 23.8 Å². The molecule has 9 heteroatoms. The smallest absolute Gasteiger partial charge is 0.346 e. The van der Waals surface area contributed by atoms with E-state index in [2.05, 4.69) is 4.74 Å². The molecule has 0 aliphatic rings. The fourth-order valence-corrected chi connectivity index (χ4v) is 3.12. The minimum Gasteiger partial charge on any atom is -0.459 e. The van der Waals surface area contributed by atoms with Crippen LogP contribution < -0.4 is 9.47 Å². The first-order valence-electron chi connectivity index (χ1n) is 10.1. The highest BCUT2D eigenvalue weighted by atomic mass is 19.3. The molecule has 3 aromatic rings. The van der Waals surface area contributed by atoms with Crippen molar-refractivity contribution in [2.45, 2.75) is 26.2 Å². The van der Waals surface area contributed by atoms with E-state index in [4.69, 9.17) is 4.74 Å². The molecule has 3 nitrogen and oxygen atoms in total. The number of alkyl halides is 2. The van der Waals surface area contributed by atoms with Crippen LogP contribution in [0.1, 0.15) is 29.3 Å². The number of benzene rings is 3. The lowest BCUT2D eigenvalue weighted by molar-refractivity contribution is 0.0728. The number of allylic oxidation sites excluding steroid dienone is 1. The summed E-state index contributed by atoms with van der Waals surface area (Å²) in [4.78, 5) is 12.3. The van der Waals surface area contributed by atoms with E-state index in [0.717, 1.165) is 24.1 Å². The molecule has 0 fully saturated rings. The summed E-state index contributed by atoms with van der Waals surface area (Å²) >= 11 is 0. The molecule has 0 amide bonds. The second kappa shape index (κ2) is 10.9.